The lowest BCUT2D eigenvalue weighted by molar-refractivity contribution is 0.100. The Hall–Kier alpha value is -1.06. The predicted octanol–water partition coefficient (Wildman–Crippen LogP) is 1.94. The summed E-state index contributed by atoms with van der Waals surface area (Å²) in [6.45, 7) is 1.79. The van der Waals surface area contributed by atoms with Crippen LogP contribution in [0, 0.1) is 5.92 Å². The van der Waals surface area contributed by atoms with E-state index in [4.69, 9.17) is 17.3 Å². The third kappa shape index (κ3) is 2.97. The van der Waals surface area contributed by atoms with Gasteiger partial charge in [-0.25, -0.2) is 0 Å². The number of nitrogens with one attached hydrogen (secondary N) is 1. The Morgan fingerprint density at radius 1 is 1.50 bits per heavy atom. The van der Waals surface area contributed by atoms with Crippen molar-refractivity contribution in [1.29, 1.82) is 0 Å². The molecule has 1 amide bonds. The van der Waals surface area contributed by atoms with Gasteiger partial charge in [-0.3, -0.25) is 4.79 Å². The number of halogens is 1. The van der Waals surface area contributed by atoms with Crippen LogP contribution in [0.25, 0.3) is 0 Å². The minimum Gasteiger partial charge on any atom is -0.366 e. The summed E-state index contributed by atoms with van der Waals surface area (Å²) in [6, 6.07) is 5.18. The number of nitrogens with two attached hydrogens (primary N) is 1. The van der Waals surface area contributed by atoms with Crippen molar-refractivity contribution in [3.8, 4) is 0 Å². The van der Waals surface area contributed by atoms with Crippen molar-refractivity contribution in [2.24, 2.45) is 11.7 Å². The molecule has 1 aliphatic carbocycles. The van der Waals surface area contributed by atoms with Crippen molar-refractivity contribution in [2.75, 3.05) is 6.54 Å². The molecule has 2 rings (SSSR count). The largest absolute Gasteiger partial charge is 0.366 e. The van der Waals surface area contributed by atoms with Gasteiger partial charge in [0.1, 0.15) is 0 Å². The van der Waals surface area contributed by atoms with Gasteiger partial charge in [0.25, 0.3) is 0 Å². The summed E-state index contributed by atoms with van der Waals surface area (Å²) in [7, 11) is 0. The second kappa shape index (κ2) is 4.85. The SMILES string of the molecule is NC(=O)c1ccc(CNCC2CC2)c(Cl)c1. The summed E-state index contributed by atoms with van der Waals surface area (Å²) >= 11 is 6.06. The average Bonchev–Trinajstić information content (AvgIpc) is 3.04. The molecular weight excluding hydrogens is 224 g/mol. The summed E-state index contributed by atoms with van der Waals surface area (Å²) in [6.07, 6.45) is 2.67. The van der Waals surface area contributed by atoms with Crippen molar-refractivity contribution in [2.45, 2.75) is 19.4 Å². The van der Waals surface area contributed by atoms with E-state index < -0.39 is 5.91 Å². The fourth-order valence-corrected chi connectivity index (χ4v) is 1.82. The van der Waals surface area contributed by atoms with E-state index in [-0.39, 0.29) is 0 Å². The lowest BCUT2D eigenvalue weighted by atomic mass is 10.1. The van der Waals surface area contributed by atoms with Crippen molar-refractivity contribution >= 4 is 17.5 Å². The van der Waals surface area contributed by atoms with Gasteiger partial charge in [0.15, 0.2) is 0 Å². The first kappa shape index (κ1) is 11.4. The monoisotopic (exact) mass is 238 g/mol. The molecule has 0 unspecified atom stereocenters. The van der Waals surface area contributed by atoms with E-state index in [2.05, 4.69) is 5.32 Å². The highest BCUT2D eigenvalue weighted by molar-refractivity contribution is 6.31. The number of amides is 1. The van der Waals surface area contributed by atoms with Crippen LogP contribution in [0.3, 0.4) is 0 Å². The van der Waals surface area contributed by atoms with E-state index in [1.54, 1.807) is 12.1 Å². The molecule has 0 bridgehead atoms. The highest BCUT2D eigenvalue weighted by Gasteiger charge is 2.20. The van der Waals surface area contributed by atoms with Crippen LogP contribution in [0.5, 0.6) is 0 Å². The summed E-state index contributed by atoms with van der Waals surface area (Å²) in [5.74, 6) is 0.406. The quantitative estimate of drug-likeness (QED) is 0.824. The maximum absolute atomic E-state index is 10.9. The molecule has 16 heavy (non-hydrogen) atoms. The molecule has 0 spiro atoms. The highest BCUT2D eigenvalue weighted by atomic mass is 35.5. The fourth-order valence-electron chi connectivity index (χ4n) is 1.58. The molecule has 3 N–H and O–H groups in total. The zero-order valence-electron chi connectivity index (χ0n) is 9.00. The molecule has 0 saturated heterocycles. The molecule has 3 nitrogen and oxygen atoms in total. The molecule has 0 aliphatic heterocycles. The molecule has 0 atom stereocenters. The molecule has 4 heteroatoms. The number of benzene rings is 1. The van der Waals surface area contributed by atoms with Gasteiger partial charge in [-0.05, 0) is 43.0 Å². The second-order valence-electron chi connectivity index (χ2n) is 4.24. The third-order valence-electron chi connectivity index (χ3n) is 2.78. The maximum Gasteiger partial charge on any atom is 0.248 e. The zero-order chi connectivity index (χ0) is 11.5. The van der Waals surface area contributed by atoms with Crippen LogP contribution >= 0.6 is 11.6 Å². The Balaban J connectivity index is 1.95. The van der Waals surface area contributed by atoms with E-state index in [0.29, 0.717) is 10.6 Å². The van der Waals surface area contributed by atoms with Crippen LogP contribution < -0.4 is 11.1 Å². The first-order valence-corrected chi connectivity index (χ1v) is 5.83. The van der Waals surface area contributed by atoms with Crippen LogP contribution in [0.15, 0.2) is 18.2 Å². The molecule has 1 saturated carbocycles. The van der Waals surface area contributed by atoms with E-state index >= 15 is 0 Å². The molecule has 86 valence electrons. The van der Waals surface area contributed by atoms with Crippen molar-refractivity contribution in [3.05, 3.63) is 34.3 Å². The van der Waals surface area contributed by atoms with Gasteiger partial charge in [0.2, 0.25) is 5.91 Å². The van der Waals surface area contributed by atoms with Crippen LogP contribution in [0.1, 0.15) is 28.8 Å². The van der Waals surface area contributed by atoms with Crippen LogP contribution in [-0.2, 0) is 6.54 Å². The number of carbonyl (C=O) groups excluding carboxylic acids is 1. The Morgan fingerprint density at radius 3 is 2.81 bits per heavy atom. The summed E-state index contributed by atoms with van der Waals surface area (Å²) in [5.41, 5.74) is 6.63. The first-order valence-electron chi connectivity index (χ1n) is 5.46. The van der Waals surface area contributed by atoms with Crippen LogP contribution in [0.4, 0.5) is 0 Å². The number of hydrogen-bond acceptors (Lipinski definition) is 2. The smallest absolute Gasteiger partial charge is 0.248 e. The van der Waals surface area contributed by atoms with Gasteiger partial charge in [-0.1, -0.05) is 17.7 Å². The van der Waals surface area contributed by atoms with Gasteiger partial charge in [0, 0.05) is 17.1 Å². The van der Waals surface area contributed by atoms with Gasteiger partial charge in [-0.2, -0.15) is 0 Å². The van der Waals surface area contributed by atoms with Crippen LogP contribution in [0.2, 0.25) is 5.02 Å². The topological polar surface area (TPSA) is 55.1 Å². The van der Waals surface area contributed by atoms with E-state index in [1.807, 2.05) is 6.07 Å². The Kier molecular flexibility index (Phi) is 3.46. The van der Waals surface area contributed by atoms with Crippen molar-refractivity contribution < 1.29 is 4.79 Å². The van der Waals surface area contributed by atoms with Crippen molar-refractivity contribution in [3.63, 3.8) is 0 Å². The normalized spacial score (nSPS) is 15.1. The van der Waals surface area contributed by atoms with Gasteiger partial charge < -0.3 is 11.1 Å². The minimum absolute atomic E-state index is 0.445. The zero-order valence-corrected chi connectivity index (χ0v) is 9.76. The summed E-state index contributed by atoms with van der Waals surface area (Å²) < 4.78 is 0. The maximum atomic E-state index is 10.9. The Bertz CT molecular complexity index is 402. The van der Waals surface area contributed by atoms with E-state index in [9.17, 15) is 4.79 Å². The number of carbonyl (C=O) groups is 1. The highest BCUT2D eigenvalue weighted by Crippen LogP contribution is 2.27. The average molecular weight is 239 g/mol. The van der Waals surface area contributed by atoms with E-state index in [0.717, 1.165) is 24.6 Å². The molecule has 0 aromatic heterocycles. The molecule has 1 aliphatic rings. The lowest BCUT2D eigenvalue weighted by Crippen LogP contribution is -2.17. The second-order valence-corrected chi connectivity index (χ2v) is 4.65. The van der Waals surface area contributed by atoms with Crippen LogP contribution in [-0.4, -0.2) is 12.5 Å². The first-order chi connectivity index (χ1) is 7.66. The summed E-state index contributed by atoms with van der Waals surface area (Å²) in [4.78, 5) is 10.9. The number of rotatable bonds is 5. The van der Waals surface area contributed by atoms with E-state index in [1.165, 1.54) is 12.8 Å². The summed E-state index contributed by atoms with van der Waals surface area (Å²) in [5, 5.41) is 3.95. The Morgan fingerprint density at radius 2 is 2.25 bits per heavy atom. The minimum atomic E-state index is -0.445. The van der Waals surface area contributed by atoms with Gasteiger partial charge >= 0.3 is 0 Å². The Labute approximate surface area is 100.0 Å². The number of hydrogen-bond donors (Lipinski definition) is 2. The fraction of sp³-hybridized carbons (Fsp3) is 0.417. The molecular formula is C12H15ClN2O. The molecule has 1 aromatic carbocycles. The third-order valence-corrected chi connectivity index (χ3v) is 3.13. The molecule has 0 radical (unpaired) electrons. The molecule has 0 heterocycles. The van der Waals surface area contributed by atoms with Crippen molar-refractivity contribution in [1.82, 2.24) is 5.32 Å². The number of primary amides is 1. The van der Waals surface area contributed by atoms with Gasteiger partial charge in [0.05, 0.1) is 0 Å². The molecule has 1 fully saturated rings. The lowest BCUT2D eigenvalue weighted by Gasteiger charge is -2.07. The standard InChI is InChI=1S/C12H15ClN2O/c13-11-5-9(12(14)16)3-4-10(11)7-15-6-8-1-2-8/h3-5,8,15H,1-2,6-7H2,(H2,14,16). The molecule has 1 aromatic rings. The van der Waals surface area contributed by atoms with Gasteiger partial charge in [-0.15, -0.1) is 0 Å². The predicted molar refractivity (Wildman–Crippen MR) is 64.4 cm³/mol.